The number of rotatable bonds is 4. The lowest BCUT2D eigenvalue weighted by Crippen LogP contribution is -2.24. The summed E-state index contributed by atoms with van der Waals surface area (Å²) in [5, 5.41) is 0. The van der Waals surface area contributed by atoms with E-state index in [0.717, 1.165) is 12.8 Å². The smallest absolute Gasteiger partial charge is 0.186 e. The molecule has 0 amide bonds. The molecule has 0 aromatic carbocycles. The molecule has 0 bridgehead atoms. The van der Waals surface area contributed by atoms with Crippen LogP contribution in [0.25, 0.3) is 0 Å². The van der Waals surface area contributed by atoms with E-state index < -0.39 is 0 Å². The molecule has 1 aromatic rings. The van der Waals surface area contributed by atoms with Crippen LogP contribution in [0.5, 0.6) is 0 Å². The first kappa shape index (κ1) is 10.9. The van der Waals surface area contributed by atoms with Crippen LogP contribution >= 0.6 is 0 Å². The molecule has 0 aliphatic heterocycles. The van der Waals surface area contributed by atoms with Crippen molar-refractivity contribution in [2.24, 2.45) is 5.41 Å². The van der Waals surface area contributed by atoms with Gasteiger partial charge in [0.25, 0.3) is 0 Å². The topological polar surface area (TPSA) is 30.0 Å². The minimum absolute atomic E-state index is 0.139. The van der Waals surface area contributed by atoms with Crippen molar-refractivity contribution in [2.75, 3.05) is 0 Å². The van der Waals surface area contributed by atoms with Crippen LogP contribution in [0.15, 0.2) is 24.4 Å². The third-order valence-corrected chi connectivity index (χ3v) is 2.39. The summed E-state index contributed by atoms with van der Waals surface area (Å²) < 4.78 is 0. The predicted molar refractivity (Wildman–Crippen MR) is 57.3 cm³/mol. The summed E-state index contributed by atoms with van der Waals surface area (Å²) in [6.07, 6.45) is 3.59. The first-order chi connectivity index (χ1) is 6.58. The van der Waals surface area contributed by atoms with E-state index in [9.17, 15) is 4.79 Å². The van der Waals surface area contributed by atoms with E-state index in [1.54, 1.807) is 12.3 Å². The fourth-order valence-corrected chi connectivity index (χ4v) is 1.58. The van der Waals surface area contributed by atoms with Crippen LogP contribution in [0.4, 0.5) is 0 Å². The molecular formula is C12H17NO. The maximum atomic E-state index is 12.0. The monoisotopic (exact) mass is 191 g/mol. The average molecular weight is 191 g/mol. The summed E-state index contributed by atoms with van der Waals surface area (Å²) in [4.78, 5) is 16.1. The Balaban J connectivity index is 2.85. The summed E-state index contributed by atoms with van der Waals surface area (Å²) in [5.41, 5.74) is 0.286. The Morgan fingerprint density at radius 2 is 2.14 bits per heavy atom. The number of Topliss-reactive ketones (excluding diaryl/α,β-unsaturated/α-hetero) is 1. The molecule has 0 atom stereocenters. The number of hydrogen-bond donors (Lipinski definition) is 0. The van der Waals surface area contributed by atoms with Crippen molar-refractivity contribution in [2.45, 2.75) is 33.6 Å². The van der Waals surface area contributed by atoms with Gasteiger partial charge in [-0.05, 0) is 18.6 Å². The van der Waals surface area contributed by atoms with Crippen LogP contribution in [0.1, 0.15) is 44.1 Å². The molecule has 0 fully saturated rings. The molecule has 1 heterocycles. The summed E-state index contributed by atoms with van der Waals surface area (Å²) >= 11 is 0. The first-order valence-electron chi connectivity index (χ1n) is 5.04. The summed E-state index contributed by atoms with van der Waals surface area (Å²) in [7, 11) is 0. The van der Waals surface area contributed by atoms with Crippen LogP contribution in [0.2, 0.25) is 0 Å². The molecule has 1 aromatic heterocycles. The van der Waals surface area contributed by atoms with Gasteiger partial charge in [0.1, 0.15) is 5.69 Å². The number of carbonyl (C=O) groups is 1. The van der Waals surface area contributed by atoms with Crippen molar-refractivity contribution in [3.05, 3.63) is 30.1 Å². The predicted octanol–water partition coefficient (Wildman–Crippen LogP) is 3.09. The molecule has 0 radical (unpaired) electrons. The van der Waals surface area contributed by atoms with Crippen LogP contribution < -0.4 is 0 Å². The first-order valence-corrected chi connectivity index (χ1v) is 5.04. The minimum Gasteiger partial charge on any atom is -0.292 e. The Bertz CT molecular complexity index is 303. The molecule has 0 aliphatic rings. The lowest BCUT2D eigenvalue weighted by molar-refractivity contribution is 0.0820. The maximum Gasteiger partial charge on any atom is 0.186 e. The van der Waals surface area contributed by atoms with Crippen LogP contribution in [-0.2, 0) is 0 Å². The van der Waals surface area contributed by atoms with Gasteiger partial charge in [0.15, 0.2) is 5.78 Å². The second kappa shape index (κ2) is 4.36. The van der Waals surface area contributed by atoms with Crippen LogP contribution in [-0.4, -0.2) is 10.8 Å². The molecule has 0 saturated carbocycles. The van der Waals surface area contributed by atoms with Gasteiger partial charge in [-0.2, -0.15) is 0 Å². The van der Waals surface area contributed by atoms with Crippen LogP contribution in [0, 0.1) is 5.41 Å². The fraction of sp³-hybridized carbons (Fsp3) is 0.500. The second-order valence-corrected chi connectivity index (χ2v) is 4.18. The van der Waals surface area contributed by atoms with E-state index >= 15 is 0 Å². The number of pyridine rings is 1. The van der Waals surface area contributed by atoms with Gasteiger partial charge in [0.05, 0.1) is 0 Å². The highest BCUT2D eigenvalue weighted by Crippen LogP contribution is 2.26. The van der Waals surface area contributed by atoms with E-state index in [-0.39, 0.29) is 11.2 Å². The van der Waals surface area contributed by atoms with Gasteiger partial charge in [-0.25, -0.2) is 0 Å². The SMILES string of the molecule is CCCC(C)(C)C(=O)c1ccccn1. The molecule has 0 unspecified atom stereocenters. The van der Waals surface area contributed by atoms with E-state index in [0.29, 0.717) is 5.69 Å². The zero-order valence-electron chi connectivity index (χ0n) is 9.08. The van der Waals surface area contributed by atoms with Crippen molar-refractivity contribution in [3.63, 3.8) is 0 Å². The van der Waals surface area contributed by atoms with Gasteiger partial charge in [0, 0.05) is 11.6 Å². The van der Waals surface area contributed by atoms with Gasteiger partial charge < -0.3 is 0 Å². The van der Waals surface area contributed by atoms with Gasteiger partial charge in [-0.1, -0.05) is 33.3 Å². The Labute approximate surface area is 85.4 Å². The molecule has 0 saturated heterocycles. The second-order valence-electron chi connectivity index (χ2n) is 4.18. The Morgan fingerprint density at radius 1 is 1.43 bits per heavy atom. The lowest BCUT2D eigenvalue weighted by atomic mass is 9.82. The average Bonchev–Trinajstić information content (AvgIpc) is 2.18. The minimum atomic E-state index is -0.289. The van der Waals surface area contributed by atoms with Gasteiger partial charge in [-0.3, -0.25) is 9.78 Å². The van der Waals surface area contributed by atoms with E-state index in [2.05, 4.69) is 11.9 Å². The molecule has 1 rings (SSSR count). The third kappa shape index (κ3) is 2.41. The lowest BCUT2D eigenvalue weighted by Gasteiger charge is -2.21. The van der Waals surface area contributed by atoms with Gasteiger partial charge in [-0.15, -0.1) is 0 Å². The standard InChI is InChI=1S/C12H17NO/c1-4-8-12(2,3)11(14)10-7-5-6-9-13-10/h5-7,9H,4,8H2,1-3H3. The van der Waals surface area contributed by atoms with Crippen molar-refractivity contribution in [1.29, 1.82) is 0 Å². The maximum absolute atomic E-state index is 12.0. The van der Waals surface area contributed by atoms with Crippen molar-refractivity contribution in [3.8, 4) is 0 Å². The molecule has 76 valence electrons. The Morgan fingerprint density at radius 3 is 2.64 bits per heavy atom. The normalized spacial score (nSPS) is 11.4. The van der Waals surface area contributed by atoms with E-state index in [1.165, 1.54) is 0 Å². The number of ketones is 1. The van der Waals surface area contributed by atoms with Crippen LogP contribution in [0.3, 0.4) is 0 Å². The van der Waals surface area contributed by atoms with Crippen molar-refractivity contribution in [1.82, 2.24) is 4.98 Å². The molecule has 2 nitrogen and oxygen atoms in total. The number of carbonyl (C=O) groups excluding carboxylic acids is 1. The Hall–Kier alpha value is -1.18. The summed E-state index contributed by atoms with van der Waals surface area (Å²) in [6.45, 7) is 6.05. The summed E-state index contributed by atoms with van der Waals surface area (Å²) in [6, 6.07) is 5.45. The highest BCUT2D eigenvalue weighted by molar-refractivity contribution is 5.98. The quantitative estimate of drug-likeness (QED) is 0.684. The number of hydrogen-bond acceptors (Lipinski definition) is 2. The highest BCUT2D eigenvalue weighted by atomic mass is 16.1. The fourth-order valence-electron chi connectivity index (χ4n) is 1.58. The van der Waals surface area contributed by atoms with E-state index in [1.807, 2.05) is 26.0 Å². The van der Waals surface area contributed by atoms with Gasteiger partial charge in [0.2, 0.25) is 0 Å². The molecular weight excluding hydrogens is 174 g/mol. The number of nitrogens with zero attached hydrogens (tertiary/aromatic N) is 1. The summed E-state index contributed by atoms with van der Waals surface area (Å²) in [5.74, 6) is 0.139. The molecule has 0 N–H and O–H groups in total. The molecule has 14 heavy (non-hydrogen) atoms. The molecule has 0 aliphatic carbocycles. The zero-order valence-corrected chi connectivity index (χ0v) is 9.08. The van der Waals surface area contributed by atoms with Gasteiger partial charge >= 0.3 is 0 Å². The van der Waals surface area contributed by atoms with Crippen molar-refractivity contribution < 1.29 is 4.79 Å². The van der Waals surface area contributed by atoms with Crippen molar-refractivity contribution >= 4 is 5.78 Å². The molecule has 0 spiro atoms. The number of aromatic nitrogens is 1. The Kier molecular flexibility index (Phi) is 3.39. The highest BCUT2D eigenvalue weighted by Gasteiger charge is 2.28. The van der Waals surface area contributed by atoms with E-state index in [4.69, 9.17) is 0 Å². The zero-order chi connectivity index (χ0) is 10.6. The molecule has 2 heteroatoms. The third-order valence-electron chi connectivity index (χ3n) is 2.39. The largest absolute Gasteiger partial charge is 0.292 e.